The fourth-order valence-electron chi connectivity index (χ4n) is 4.02. The summed E-state index contributed by atoms with van der Waals surface area (Å²) < 4.78 is 11.4. The highest BCUT2D eigenvalue weighted by Gasteiger charge is 2.44. The van der Waals surface area contributed by atoms with E-state index in [1.807, 2.05) is 18.2 Å². The highest BCUT2D eigenvalue weighted by Crippen LogP contribution is 2.32. The van der Waals surface area contributed by atoms with Gasteiger partial charge >= 0.3 is 6.03 Å². The van der Waals surface area contributed by atoms with Gasteiger partial charge in [-0.1, -0.05) is 25.0 Å². The molecule has 1 aromatic rings. The maximum absolute atomic E-state index is 12.7. The van der Waals surface area contributed by atoms with Crippen LogP contribution in [0.25, 0.3) is 0 Å². The number of likely N-dealkylation sites (tertiary alicyclic amines) is 1. The lowest BCUT2D eigenvalue weighted by molar-refractivity contribution is -0.143. The van der Waals surface area contributed by atoms with E-state index >= 15 is 0 Å². The van der Waals surface area contributed by atoms with Crippen LogP contribution in [0.5, 0.6) is 0 Å². The Hall–Kier alpha value is -1.79. The molecule has 136 valence electrons. The SMILES string of the molecule is O=C(Nc1ccccc1N1CCCCCC1)N1CCC2(C1)OCCO2. The average molecular weight is 345 g/mol. The highest BCUT2D eigenvalue weighted by molar-refractivity contribution is 5.93. The molecule has 0 bridgehead atoms. The smallest absolute Gasteiger partial charge is 0.322 e. The molecule has 1 aromatic carbocycles. The zero-order valence-corrected chi connectivity index (χ0v) is 14.7. The molecular weight excluding hydrogens is 318 g/mol. The summed E-state index contributed by atoms with van der Waals surface area (Å²) in [5.41, 5.74) is 2.02. The van der Waals surface area contributed by atoms with E-state index in [0.29, 0.717) is 26.3 Å². The van der Waals surface area contributed by atoms with E-state index < -0.39 is 5.79 Å². The largest absolute Gasteiger partial charge is 0.370 e. The number of rotatable bonds is 2. The summed E-state index contributed by atoms with van der Waals surface area (Å²) in [4.78, 5) is 16.9. The molecule has 0 aromatic heterocycles. The summed E-state index contributed by atoms with van der Waals surface area (Å²) in [6.07, 6.45) is 5.76. The Kier molecular flexibility index (Phi) is 4.81. The van der Waals surface area contributed by atoms with Gasteiger partial charge in [-0.15, -0.1) is 0 Å². The van der Waals surface area contributed by atoms with Crippen LogP contribution < -0.4 is 10.2 Å². The second-order valence-corrected chi connectivity index (χ2v) is 7.13. The van der Waals surface area contributed by atoms with E-state index in [-0.39, 0.29) is 6.03 Å². The average Bonchev–Trinajstić information content (AvgIpc) is 3.18. The van der Waals surface area contributed by atoms with Crippen LogP contribution in [0.2, 0.25) is 0 Å². The number of nitrogens with zero attached hydrogens (tertiary/aromatic N) is 2. The molecule has 0 unspecified atom stereocenters. The third-order valence-corrected chi connectivity index (χ3v) is 5.39. The third-order valence-electron chi connectivity index (χ3n) is 5.39. The van der Waals surface area contributed by atoms with Crippen molar-refractivity contribution in [3.8, 4) is 0 Å². The zero-order valence-electron chi connectivity index (χ0n) is 14.7. The third kappa shape index (κ3) is 3.60. The van der Waals surface area contributed by atoms with Gasteiger partial charge < -0.3 is 24.6 Å². The number of ether oxygens (including phenoxy) is 2. The minimum absolute atomic E-state index is 0.0711. The Morgan fingerprint density at radius 3 is 2.48 bits per heavy atom. The molecule has 6 nitrogen and oxygen atoms in total. The van der Waals surface area contributed by atoms with Crippen molar-refractivity contribution in [1.82, 2.24) is 4.90 Å². The van der Waals surface area contributed by atoms with E-state index in [2.05, 4.69) is 16.3 Å². The molecule has 3 aliphatic heterocycles. The first-order valence-corrected chi connectivity index (χ1v) is 9.44. The number of hydrogen-bond acceptors (Lipinski definition) is 4. The Bertz CT molecular complexity index is 608. The van der Waals surface area contributed by atoms with Gasteiger partial charge in [0.05, 0.1) is 31.1 Å². The van der Waals surface area contributed by atoms with Crippen molar-refractivity contribution in [1.29, 1.82) is 0 Å². The van der Waals surface area contributed by atoms with E-state index in [1.54, 1.807) is 4.90 Å². The Labute approximate surface area is 149 Å². The number of amides is 2. The van der Waals surface area contributed by atoms with Crippen LogP contribution in [0.15, 0.2) is 24.3 Å². The lowest BCUT2D eigenvalue weighted by atomic mass is 10.2. The maximum Gasteiger partial charge on any atom is 0.322 e. The predicted octanol–water partition coefficient (Wildman–Crippen LogP) is 3.05. The molecule has 6 heteroatoms. The molecular formula is C19H27N3O3. The first-order chi connectivity index (χ1) is 12.3. The number of para-hydroxylation sites is 2. The van der Waals surface area contributed by atoms with Gasteiger partial charge in [0.2, 0.25) is 0 Å². The molecule has 3 aliphatic rings. The molecule has 3 saturated heterocycles. The number of carbonyl (C=O) groups excluding carboxylic acids is 1. The molecule has 3 heterocycles. The topological polar surface area (TPSA) is 54.0 Å². The van der Waals surface area contributed by atoms with E-state index in [1.165, 1.54) is 25.7 Å². The second kappa shape index (κ2) is 7.22. The van der Waals surface area contributed by atoms with Crippen molar-refractivity contribution in [2.45, 2.75) is 37.9 Å². The van der Waals surface area contributed by atoms with Crippen molar-refractivity contribution >= 4 is 17.4 Å². The van der Waals surface area contributed by atoms with Crippen LogP contribution in [0.3, 0.4) is 0 Å². The number of urea groups is 1. The second-order valence-electron chi connectivity index (χ2n) is 7.13. The van der Waals surface area contributed by atoms with Crippen molar-refractivity contribution < 1.29 is 14.3 Å². The van der Waals surface area contributed by atoms with Crippen molar-refractivity contribution in [3.05, 3.63) is 24.3 Å². The summed E-state index contributed by atoms with van der Waals surface area (Å²) in [6.45, 7) is 4.52. The maximum atomic E-state index is 12.7. The molecule has 2 amide bonds. The molecule has 25 heavy (non-hydrogen) atoms. The Morgan fingerprint density at radius 1 is 1.00 bits per heavy atom. The minimum atomic E-state index is -0.568. The van der Waals surface area contributed by atoms with Crippen molar-refractivity contribution in [2.75, 3.05) is 49.6 Å². The predicted molar refractivity (Wildman–Crippen MR) is 97.0 cm³/mol. The van der Waals surface area contributed by atoms with Gasteiger partial charge in [0.1, 0.15) is 0 Å². The normalized spacial score (nSPS) is 23.0. The summed E-state index contributed by atoms with van der Waals surface area (Å²) in [5.74, 6) is -0.568. The highest BCUT2D eigenvalue weighted by atomic mass is 16.7. The van der Waals surface area contributed by atoms with Gasteiger partial charge in [-0.2, -0.15) is 0 Å². The summed E-state index contributed by atoms with van der Waals surface area (Å²) in [6, 6.07) is 8.05. The molecule has 0 atom stereocenters. The fourth-order valence-corrected chi connectivity index (χ4v) is 4.02. The van der Waals surface area contributed by atoms with Crippen molar-refractivity contribution in [3.63, 3.8) is 0 Å². The van der Waals surface area contributed by atoms with Crippen LogP contribution in [0, 0.1) is 0 Å². The Morgan fingerprint density at radius 2 is 1.72 bits per heavy atom. The first kappa shape index (κ1) is 16.7. The minimum Gasteiger partial charge on any atom is -0.370 e. The summed E-state index contributed by atoms with van der Waals surface area (Å²) in [7, 11) is 0. The van der Waals surface area contributed by atoms with Gasteiger partial charge in [-0.25, -0.2) is 4.79 Å². The number of anilines is 2. The Balaban J connectivity index is 1.44. The number of nitrogens with one attached hydrogen (secondary N) is 1. The summed E-state index contributed by atoms with van der Waals surface area (Å²) in [5, 5.41) is 3.11. The molecule has 0 saturated carbocycles. The van der Waals surface area contributed by atoms with Crippen LogP contribution in [-0.4, -0.2) is 56.1 Å². The van der Waals surface area contributed by atoms with Crippen molar-refractivity contribution in [2.24, 2.45) is 0 Å². The standard InChI is InChI=1S/C19H27N3O3/c23-18(22-12-9-19(15-22)24-13-14-25-19)20-16-7-3-4-8-17(16)21-10-5-1-2-6-11-21/h3-4,7-8H,1-2,5-6,9-15H2,(H,20,23). The first-order valence-electron chi connectivity index (χ1n) is 9.44. The fraction of sp³-hybridized carbons (Fsp3) is 0.632. The summed E-state index contributed by atoms with van der Waals surface area (Å²) >= 11 is 0. The van der Waals surface area contributed by atoms with Gasteiger partial charge in [-0.05, 0) is 25.0 Å². The number of hydrogen-bond donors (Lipinski definition) is 1. The van der Waals surface area contributed by atoms with Crippen LogP contribution in [-0.2, 0) is 9.47 Å². The van der Waals surface area contributed by atoms with Gasteiger partial charge in [0, 0.05) is 26.1 Å². The quantitative estimate of drug-likeness (QED) is 0.895. The zero-order chi connectivity index (χ0) is 17.1. The molecule has 1 spiro atoms. The van der Waals surface area contributed by atoms with Gasteiger partial charge in [0.25, 0.3) is 0 Å². The number of carbonyl (C=O) groups is 1. The van der Waals surface area contributed by atoms with Crippen LogP contribution in [0.4, 0.5) is 16.2 Å². The molecule has 1 N–H and O–H groups in total. The van der Waals surface area contributed by atoms with E-state index in [4.69, 9.17) is 9.47 Å². The van der Waals surface area contributed by atoms with E-state index in [0.717, 1.165) is 30.9 Å². The molecule has 3 fully saturated rings. The van der Waals surface area contributed by atoms with E-state index in [9.17, 15) is 4.79 Å². The van der Waals surface area contributed by atoms with Gasteiger partial charge in [-0.3, -0.25) is 0 Å². The van der Waals surface area contributed by atoms with Gasteiger partial charge in [0.15, 0.2) is 5.79 Å². The lowest BCUT2D eigenvalue weighted by Crippen LogP contribution is -2.39. The molecule has 4 rings (SSSR count). The van der Waals surface area contributed by atoms with Crippen LogP contribution >= 0.6 is 0 Å². The monoisotopic (exact) mass is 345 g/mol. The van der Waals surface area contributed by atoms with Crippen LogP contribution in [0.1, 0.15) is 32.1 Å². The molecule has 0 aliphatic carbocycles. The lowest BCUT2D eigenvalue weighted by Gasteiger charge is -2.27. The molecule has 0 radical (unpaired) electrons. The number of benzene rings is 1.